The van der Waals surface area contributed by atoms with E-state index in [-0.39, 0.29) is 0 Å². The lowest BCUT2D eigenvalue weighted by Crippen LogP contribution is -1.96. The molecule has 0 fully saturated rings. The predicted octanol–water partition coefficient (Wildman–Crippen LogP) is 12.1. The Morgan fingerprint density at radius 1 is 0.771 bits per heavy atom. The zero-order valence-corrected chi connectivity index (χ0v) is 23.9. The van der Waals surface area contributed by atoms with Gasteiger partial charge in [-0.25, -0.2) is 0 Å². The van der Waals surface area contributed by atoms with Crippen molar-refractivity contribution < 1.29 is 0 Å². The van der Waals surface area contributed by atoms with E-state index in [2.05, 4.69) is 51.6 Å². The second kappa shape index (κ2) is 18.9. The van der Waals surface area contributed by atoms with Gasteiger partial charge in [-0.05, 0) is 73.6 Å². The first-order chi connectivity index (χ1) is 17.1. The molecule has 0 saturated heterocycles. The molecule has 0 radical (unpaired) electrons. The van der Waals surface area contributed by atoms with Gasteiger partial charge in [0, 0.05) is 0 Å². The van der Waals surface area contributed by atoms with Gasteiger partial charge < -0.3 is 0 Å². The summed E-state index contributed by atoms with van der Waals surface area (Å²) in [7, 11) is 0. The lowest BCUT2D eigenvalue weighted by atomic mass is 9.93. The highest BCUT2D eigenvalue weighted by Gasteiger charge is 2.23. The van der Waals surface area contributed by atoms with Crippen LogP contribution in [0.25, 0.3) is 5.57 Å². The number of hydrogen-bond acceptors (Lipinski definition) is 0. The number of rotatable bonds is 21. The average Bonchev–Trinajstić information content (AvgIpc) is 3.16. The standard InChI is InChI=1S/C35H58/c1-5-30(2)25-22-20-18-16-14-12-10-8-6-7-9-11-13-15-17-19-21-23-26-33-27-24-28-34-31(3)29-32(4)35(33)34/h24-25,27-28,32H,3,5-23,26,29H2,1-2,4H3/b30-25+. The van der Waals surface area contributed by atoms with Gasteiger partial charge in [0.05, 0.1) is 0 Å². The Labute approximate surface area is 220 Å². The Hall–Kier alpha value is -1.30. The third kappa shape index (κ3) is 12.5. The maximum Gasteiger partial charge on any atom is -0.0141 e. The molecule has 35 heavy (non-hydrogen) atoms. The van der Waals surface area contributed by atoms with E-state index in [0.29, 0.717) is 5.92 Å². The van der Waals surface area contributed by atoms with Crippen LogP contribution in [0.2, 0.25) is 0 Å². The van der Waals surface area contributed by atoms with Gasteiger partial charge in [0.15, 0.2) is 0 Å². The minimum Gasteiger partial charge on any atom is -0.0952 e. The van der Waals surface area contributed by atoms with Crippen molar-refractivity contribution in [3.05, 3.63) is 53.1 Å². The maximum absolute atomic E-state index is 4.28. The topological polar surface area (TPSA) is 0 Å². The highest BCUT2D eigenvalue weighted by atomic mass is 14.3. The lowest BCUT2D eigenvalue weighted by Gasteiger charge is -2.12. The molecule has 1 aromatic rings. The zero-order valence-electron chi connectivity index (χ0n) is 23.9. The molecule has 0 bridgehead atoms. The molecule has 1 aliphatic rings. The Morgan fingerprint density at radius 3 is 1.77 bits per heavy atom. The molecule has 0 heterocycles. The van der Waals surface area contributed by atoms with E-state index in [1.54, 1.807) is 16.7 Å². The fourth-order valence-corrected chi connectivity index (χ4v) is 5.91. The minimum absolute atomic E-state index is 0.672. The van der Waals surface area contributed by atoms with Gasteiger partial charge in [-0.3, -0.25) is 0 Å². The van der Waals surface area contributed by atoms with E-state index >= 15 is 0 Å². The van der Waals surface area contributed by atoms with Gasteiger partial charge >= 0.3 is 0 Å². The molecule has 1 unspecified atom stereocenters. The molecule has 2 rings (SSSR count). The van der Waals surface area contributed by atoms with Crippen molar-refractivity contribution in [3.8, 4) is 0 Å². The summed E-state index contributed by atoms with van der Waals surface area (Å²) in [5, 5.41) is 0. The predicted molar refractivity (Wildman–Crippen MR) is 159 cm³/mol. The summed E-state index contributed by atoms with van der Waals surface area (Å²) in [6.07, 6.45) is 31.9. The van der Waals surface area contributed by atoms with Crippen molar-refractivity contribution in [2.45, 2.75) is 162 Å². The van der Waals surface area contributed by atoms with Crippen LogP contribution in [0.4, 0.5) is 0 Å². The molecule has 0 aliphatic heterocycles. The van der Waals surface area contributed by atoms with Crippen molar-refractivity contribution in [1.29, 1.82) is 0 Å². The van der Waals surface area contributed by atoms with Gasteiger partial charge in [-0.2, -0.15) is 0 Å². The van der Waals surface area contributed by atoms with Crippen molar-refractivity contribution in [2.75, 3.05) is 0 Å². The van der Waals surface area contributed by atoms with Crippen molar-refractivity contribution in [3.63, 3.8) is 0 Å². The SMILES string of the molecule is C=C1CC(C)c2c(CCCCCCCCCCCCCCCCCCC/C=C(\C)CC)cccc21. The van der Waals surface area contributed by atoms with Crippen LogP contribution < -0.4 is 0 Å². The van der Waals surface area contributed by atoms with Crippen LogP contribution in [-0.2, 0) is 6.42 Å². The maximum atomic E-state index is 4.28. The Morgan fingerprint density at radius 2 is 1.26 bits per heavy atom. The summed E-state index contributed by atoms with van der Waals surface area (Å²) in [6, 6.07) is 6.89. The fourth-order valence-electron chi connectivity index (χ4n) is 5.91. The number of fused-ring (bicyclic) bond motifs is 1. The summed E-state index contributed by atoms with van der Waals surface area (Å²) in [6.45, 7) is 11.2. The van der Waals surface area contributed by atoms with Gasteiger partial charge in [0.25, 0.3) is 0 Å². The van der Waals surface area contributed by atoms with Crippen LogP contribution in [0.5, 0.6) is 0 Å². The van der Waals surface area contributed by atoms with Crippen LogP contribution in [0.15, 0.2) is 36.4 Å². The lowest BCUT2D eigenvalue weighted by molar-refractivity contribution is 0.526. The van der Waals surface area contributed by atoms with Gasteiger partial charge in [0.2, 0.25) is 0 Å². The first kappa shape index (κ1) is 29.9. The third-order valence-electron chi connectivity index (χ3n) is 8.32. The number of hydrogen-bond donors (Lipinski definition) is 0. The molecule has 0 aromatic heterocycles. The van der Waals surface area contributed by atoms with Crippen LogP contribution >= 0.6 is 0 Å². The number of aryl methyl sites for hydroxylation is 1. The van der Waals surface area contributed by atoms with Crippen LogP contribution in [0.3, 0.4) is 0 Å². The summed E-state index contributed by atoms with van der Waals surface area (Å²) < 4.78 is 0. The zero-order chi connectivity index (χ0) is 25.1. The quantitative estimate of drug-likeness (QED) is 0.122. The third-order valence-corrected chi connectivity index (χ3v) is 8.32. The average molecular weight is 479 g/mol. The molecule has 198 valence electrons. The molecule has 0 saturated carbocycles. The Kier molecular flexibility index (Phi) is 16.2. The largest absolute Gasteiger partial charge is 0.0952 e. The van der Waals surface area contributed by atoms with E-state index in [9.17, 15) is 0 Å². The van der Waals surface area contributed by atoms with Gasteiger partial charge in [0.1, 0.15) is 0 Å². The van der Waals surface area contributed by atoms with E-state index in [1.807, 2.05) is 0 Å². The van der Waals surface area contributed by atoms with Crippen LogP contribution in [0.1, 0.15) is 172 Å². The highest BCUT2D eigenvalue weighted by molar-refractivity contribution is 5.73. The molecule has 1 aliphatic carbocycles. The summed E-state index contributed by atoms with van der Waals surface area (Å²) in [4.78, 5) is 0. The van der Waals surface area contributed by atoms with Crippen LogP contribution in [-0.4, -0.2) is 0 Å². The fraction of sp³-hybridized carbons (Fsp3) is 0.714. The van der Waals surface area contributed by atoms with E-state index in [4.69, 9.17) is 0 Å². The van der Waals surface area contributed by atoms with Crippen LogP contribution in [0, 0.1) is 0 Å². The summed E-state index contributed by atoms with van der Waals surface area (Å²) in [5.74, 6) is 0.672. The van der Waals surface area contributed by atoms with Gasteiger partial charge in [-0.15, -0.1) is 0 Å². The number of allylic oxidation sites excluding steroid dienone is 3. The molecular weight excluding hydrogens is 420 g/mol. The molecule has 0 nitrogen and oxygen atoms in total. The molecule has 1 atom stereocenters. The van der Waals surface area contributed by atoms with Crippen molar-refractivity contribution >= 4 is 5.57 Å². The molecule has 1 aromatic carbocycles. The smallest absolute Gasteiger partial charge is 0.0141 e. The van der Waals surface area contributed by atoms with E-state index in [1.165, 1.54) is 140 Å². The van der Waals surface area contributed by atoms with Crippen molar-refractivity contribution in [1.82, 2.24) is 0 Å². The summed E-state index contributed by atoms with van der Waals surface area (Å²) >= 11 is 0. The molecule has 0 amide bonds. The monoisotopic (exact) mass is 478 g/mol. The number of unbranched alkanes of at least 4 members (excludes halogenated alkanes) is 17. The number of benzene rings is 1. The Bertz CT molecular complexity index is 722. The van der Waals surface area contributed by atoms with E-state index < -0.39 is 0 Å². The molecule has 0 heteroatoms. The molecule has 0 N–H and O–H groups in total. The van der Waals surface area contributed by atoms with E-state index in [0.717, 1.165) is 6.42 Å². The van der Waals surface area contributed by atoms with Crippen molar-refractivity contribution in [2.24, 2.45) is 0 Å². The second-order valence-electron chi connectivity index (χ2n) is 11.5. The minimum atomic E-state index is 0.672. The first-order valence-electron chi connectivity index (χ1n) is 15.6. The second-order valence-corrected chi connectivity index (χ2v) is 11.5. The first-order valence-corrected chi connectivity index (χ1v) is 15.6. The Balaban J connectivity index is 1.31. The highest BCUT2D eigenvalue weighted by Crippen LogP contribution is 2.42. The van der Waals surface area contributed by atoms with Gasteiger partial charge in [-0.1, -0.05) is 147 Å². The summed E-state index contributed by atoms with van der Waals surface area (Å²) in [5.41, 5.74) is 7.56. The molecular formula is C35H58. The normalized spacial score (nSPS) is 15.7. The molecule has 0 spiro atoms.